The van der Waals surface area contributed by atoms with Gasteiger partial charge in [0, 0.05) is 32.2 Å². The van der Waals surface area contributed by atoms with Crippen LogP contribution in [0.5, 0.6) is 0 Å². The molecule has 1 aromatic heterocycles. The first kappa shape index (κ1) is 55.7. The van der Waals surface area contributed by atoms with Crippen LogP contribution in [0.15, 0.2) is 77.3 Å². The predicted octanol–water partition coefficient (Wildman–Crippen LogP) is 11.7. The number of carbonyl (C=O) groups is 2. The normalized spacial score (nSPS) is 14.4. The Morgan fingerprint density at radius 1 is 0.705 bits per heavy atom. The summed E-state index contributed by atoms with van der Waals surface area (Å²) in [5, 5.41) is 10.2. The SMILES string of the molecule is CC/C=C\C/C=C\C/C=C\C/C=C\C=C/C(O)C/C=C\CCC(=O)OC[C@H](COP(=O)(O)OCCN)OC(=O)CCCCCCCCCCc1oc(CCCCC)c(C)c1C. The molecule has 1 heterocycles. The molecule has 0 aromatic carbocycles. The van der Waals surface area contributed by atoms with E-state index in [1.165, 1.54) is 36.8 Å². The van der Waals surface area contributed by atoms with Crippen molar-refractivity contribution in [2.45, 2.75) is 175 Å². The van der Waals surface area contributed by atoms with E-state index in [9.17, 15) is 24.2 Å². The molecule has 3 atom stereocenters. The quantitative estimate of drug-likeness (QED) is 0.0190. The van der Waals surface area contributed by atoms with E-state index in [2.05, 4.69) is 64.2 Å². The molecular formula is C49H80NO10P. The molecule has 0 saturated carbocycles. The van der Waals surface area contributed by atoms with Crippen LogP contribution in [0, 0.1) is 13.8 Å². The molecule has 2 unspecified atom stereocenters. The molecule has 0 amide bonds. The topological polar surface area (TPSA) is 168 Å². The van der Waals surface area contributed by atoms with Crippen molar-refractivity contribution in [3.63, 3.8) is 0 Å². The van der Waals surface area contributed by atoms with Crippen molar-refractivity contribution in [2.75, 3.05) is 26.4 Å². The number of allylic oxidation sites excluding steroid dienone is 10. The number of phosphoric acid groups is 1. The zero-order valence-corrected chi connectivity index (χ0v) is 38.8. The van der Waals surface area contributed by atoms with Crippen LogP contribution in [-0.2, 0) is 45.5 Å². The molecule has 1 rings (SSSR count). The molecule has 0 aliphatic rings. The third kappa shape index (κ3) is 31.2. The zero-order chi connectivity index (χ0) is 44.8. The highest BCUT2D eigenvalue weighted by molar-refractivity contribution is 7.47. The lowest BCUT2D eigenvalue weighted by Gasteiger charge is -2.19. The minimum absolute atomic E-state index is 0.0192. The summed E-state index contributed by atoms with van der Waals surface area (Å²) < 4.78 is 39.0. The van der Waals surface area contributed by atoms with Gasteiger partial charge in [0.25, 0.3) is 0 Å². The first-order valence-corrected chi connectivity index (χ1v) is 24.4. The maximum Gasteiger partial charge on any atom is 0.472 e. The van der Waals surface area contributed by atoms with E-state index in [1.807, 2.05) is 18.2 Å². The van der Waals surface area contributed by atoms with Gasteiger partial charge in [0.15, 0.2) is 6.10 Å². The summed E-state index contributed by atoms with van der Waals surface area (Å²) in [5.41, 5.74) is 7.98. The van der Waals surface area contributed by atoms with Gasteiger partial charge in [-0.25, -0.2) is 4.57 Å². The first-order valence-electron chi connectivity index (χ1n) is 22.9. The van der Waals surface area contributed by atoms with E-state index < -0.39 is 38.6 Å². The number of aliphatic hydroxyl groups is 1. The smallest absolute Gasteiger partial charge is 0.466 e. The van der Waals surface area contributed by atoms with E-state index in [0.717, 1.165) is 88.6 Å². The second-order valence-corrected chi connectivity index (χ2v) is 16.8. The second-order valence-electron chi connectivity index (χ2n) is 15.3. The van der Waals surface area contributed by atoms with Gasteiger partial charge < -0.3 is 29.6 Å². The molecule has 0 fully saturated rings. The van der Waals surface area contributed by atoms with Crippen molar-refractivity contribution >= 4 is 19.8 Å². The number of hydrogen-bond donors (Lipinski definition) is 3. The van der Waals surface area contributed by atoms with E-state index in [0.29, 0.717) is 19.3 Å². The van der Waals surface area contributed by atoms with Crippen molar-refractivity contribution in [2.24, 2.45) is 5.73 Å². The fourth-order valence-corrected chi connectivity index (χ4v) is 6.98. The molecule has 346 valence electrons. The van der Waals surface area contributed by atoms with Gasteiger partial charge in [-0.1, -0.05) is 138 Å². The third-order valence-corrected chi connectivity index (χ3v) is 10.9. The van der Waals surface area contributed by atoms with Crippen LogP contribution >= 0.6 is 7.82 Å². The van der Waals surface area contributed by atoms with Crippen LogP contribution in [0.25, 0.3) is 0 Å². The highest BCUT2D eigenvalue weighted by Crippen LogP contribution is 2.43. The molecule has 12 heteroatoms. The monoisotopic (exact) mass is 874 g/mol. The number of aryl methyl sites for hydroxylation is 2. The molecule has 0 radical (unpaired) electrons. The van der Waals surface area contributed by atoms with E-state index in [-0.39, 0.29) is 32.6 Å². The number of unbranched alkanes of at least 4 members (excludes halogenated alkanes) is 9. The van der Waals surface area contributed by atoms with E-state index in [4.69, 9.17) is 28.7 Å². The average molecular weight is 874 g/mol. The predicted molar refractivity (Wildman–Crippen MR) is 247 cm³/mol. The summed E-state index contributed by atoms with van der Waals surface area (Å²) in [6.07, 6.45) is 40.8. The van der Waals surface area contributed by atoms with Gasteiger partial charge in [-0.2, -0.15) is 0 Å². The van der Waals surface area contributed by atoms with Crippen molar-refractivity contribution in [1.82, 2.24) is 0 Å². The Morgan fingerprint density at radius 3 is 1.92 bits per heavy atom. The van der Waals surface area contributed by atoms with Crippen molar-refractivity contribution in [3.8, 4) is 0 Å². The van der Waals surface area contributed by atoms with Crippen LogP contribution in [0.2, 0.25) is 0 Å². The summed E-state index contributed by atoms with van der Waals surface area (Å²) in [4.78, 5) is 35.0. The van der Waals surface area contributed by atoms with Gasteiger partial charge in [0.05, 0.1) is 19.3 Å². The number of ether oxygens (including phenoxy) is 2. The maximum atomic E-state index is 12.7. The molecule has 4 N–H and O–H groups in total. The molecular weight excluding hydrogens is 794 g/mol. The Bertz CT molecular complexity index is 1520. The zero-order valence-electron chi connectivity index (χ0n) is 37.9. The van der Waals surface area contributed by atoms with Crippen LogP contribution < -0.4 is 5.73 Å². The van der Waals surface area contributed by atoms with Gasteiger partial charge >= 0.3 is 19.8 Å². The Labute approximate surface area is 368 Å². The van der Waals surface area contributed by atoms with E-state index >= 15 is 0 Å². The summed E-state index contributed by atoms with van der Waals surface area (Å²) in [7, 11) is -4.44. The average Bonchev–Trinajstić information content (AvgIpc) is 3.51. The Morgan fingerprint density at radius 2 is 1.30 bits per heavy atom. The van der Waals surface area contributed by atoms with Crippen LogP contribution in [0.3, 0.4) is 0 Å². The lowest BCUT2D eigenvalue weighted by atomic mass is 10.0. The van der Waals surface area contributed by atoms with Gasteiger partial charge in [-0.05, 0) is 82.8 Å². The Hall–Kier alpha value is -3.31. The largest absolute Gasteiger partial charge is 0.472 e. The molecule has 1 aromatic rings. The molecule has 0 aliphatic heterocycles. The summed E-state index contributed by atoms with van der Waals surface area (Å²) in [5.74, 6) is 1.27. The van der Waals surface area contributed by atoms with Gasteiger partial charge in [-0.15, -0.1) is 0 Å². The Balaban J connectivity index is 2.34. The fraction of sp³-hybridized carbons (Fsp3) is 0.633. The number of carbonyl (C=O) groups excluding carboxylic acids is 2. The molecule has 11 nitrogen and oxygen atoms in total. The third-order valence-electron chi connectivity index (χ3n) is 9.90. The van der Waals surface area contributed by atoms with E-state index in [1.54, 1.807) is 18.2 Å². The number of furan rings is 1. The minimum Gasteiger partial charge on any atom is -0.466 e. The summed E-state index contributed by atoms with van der Waals surface area (Å²) >= 11 is 0. The maximum absolute atomic E-state index is 12.7. The first-order chi connectivity index (χ1) is 29.5. The number of nitrogens with two attached hydrogens (primary N) is 1. The lowest BCUT2D eigenvalue weighted by molar-refractivity contribution is -0.161. The minimum atomic E-state index is -4.44. The van der Waals surface area contributed by atoms with Crippen molar-refractivity contribution < 1.29 is 47.1 Å². The fourth-order valence-electron chi connectivity index (χ4n) is 6.22. The highest BCUT2D eigenvalue weighted by atomic mass is 31.2. The molecule has 0 bridgehead atoms. The molecule has 61 heavy (non-hydrogen) atoms. The summed E-state index contributed by atoms with van der Waals surface area (Å²) in [6.45, 7) is 7.68. The number of rotatable bonds is 38. The second kappa shape index (κ2) is 37.3. The van der Waals surface area contributed by atoms with Crippen LogP contribution in [0.4, 0.5) is 0 Å². The van der Waals surface area contributed by atoms with Crippen molar-refractivity contribution in [3.05, 3.63) is 95.6 Å². The number of aliphatic hydroxyl groups excluding tert-OH is 1. The number of esters is 2. The van der Waals surface area contributed by atoms with Crippen molar-refractivity contribution in [1.29, 1.82) is 0 Å². The molecule has 0 spiro atoms. The Kier molecular flexibility index (Phi) is 34.0. The molecule has 0 aliphatic carbocycles. The van der Waals surface area contributed by atoms with Crippen LogP contribution in [0.1, 0.15) is 158 Å². The molecule has 0 saturated heterocycles. The summed E-state index contributed by atoms with van der Waals surface area (Å²) in [6, 6.07) is 0. The van der Waals surface area contributed by atoms with Crippen LogP contribution in [-0.4, -0.2) is 60.5 Å². The number of phosphoric ester groups is 1. The van der Waals surface area contributed by atoms with Gasteiger partial charge in [-0.3, -0.25) is 18.6 Å². The number of hydrogen-bond acceptors (Lipinski definition) is 10. The lowest BCUT2D eigenvalue weighted by Crippen LogP contribution is -2.29. The standard InChI is InChI=1S/C49H80NO10P/c1-5-7-9-10-11-12-13-14-15-16-19-22-27-32-44(51)33-28-25-31-36-48(52)56-40-45(41-58-61(54,55)57-39-38-50)59-49(53)37-30-24-21-18-17-20-23-29-35-47-43(4)42(3)46(60-47)34-26-8-6-2/h7,9,11-12,14-15,19,22,25,27-28,32,44-45,51H,5-6,8,10,13,16-18,20-21,23-24,26,29-31,33-41,50H2,1-4H3,(H,54,55)/b9-7-,12-11-,15-14-,22-19-,28-25-,32-27-/t44?,45-/m1/s1. The van der Waals surface area contributed by atoms with Gasteiger partial charge in [0.1, 0.15) is 18.1 Å². The van der Waals surface area contributed by atoms with Gasteiger partial charge in [0.2, 0.25) is 0 Å². The highest BCUT2D eigenvalue weighted by Gasteiger charge is 2.26.